The Hall–Kier alpha value is -0.280. The number of halogens is 3. The highest BCUT2D eigenvalue weighted by atomic mass is 35.7. The van der Waals surface area contributed by atoms with Crippen molar-refractivity contribution < 1.29 is 8.78 Å². The van der Waals surface area contributed by atoms with E-state index in [9.17, 15) is 8.78 Å². The molecule has 0 aliphatic heterocycles. The van der Waals surface area contributed by atoms with Gasteiger partial charge in [0.25, 0.3) is 0 Å². The van der Waals surface area contributed by atoms with Crippen LogP contribution in [0.5, 0.6) is 0 Å². The van der Waals surface area contributed by atoms with Gasteiger partial charge < -0.3 is 0 Å². The molecule has 0 aromatic heterocycles. The molecule has 0 bridgehead atoms. The van der Waals surface area contributed by atoms with Gasteiger partial charge in [-0.1, -0.05) is 0 Å². The van der Waals surface area contributed by atoms with E-state index >= 15 is 0 Å². The van der Waals surface area contributed by atoms with Crippen LogP contribution in [0, 0.1) is 11.6 Å². The van der Waals surface area contributed by atoms with Crippen LogP contribution < -0.4 is 0 Å². The molecule has 0 amide bonds. The van der Waals surface area contributed by atoms with Crippen molar-refractivity contribution in [3.05, 3.63) is 29.8 Å². The maximum Gasteiger partial charge on any atom is 0.127 e. The van der Waals surface area contributed by atoms with Crippen LogP contribution in [0.15, 0.2) is 23.1 Å². The van der Waals surface area contributed by atoms with Gasteiger partial charge in [0.2, 0.25) is 0 Å². The van der Waals surface area contributed by atoms with Crippen molar-refractivity contribution in [1.82, 2.24) is 0 Å². The molecule has 54 valence electrons. The fraction of sp³-hybridized carbons (Fsp3) is 0. The normalized spacial score (nSPS) is 9.90. The third-order valence-electron chi connectivity index (χ3n) is 0.925. The lowest BCUT2D eigenvalue weighted by molar-refractivity contribution is 0.577. The Balaban J connectivity index is 3.06. The molecule has 0 N–H and O–H groups in total. The first-order valence-corrected chi connectivity index (χ1v) is 4.11. The SMILES string of the molecule is Fc1cc(F)cc(SCl)c1. The molecule has 0 nitrogen and oxygen atoms in total. The van der Waals surface area contributed by atoms with E-state index in [4.69, 9.17) is 10.7 Å². The van der Waals surface area contributed by atoms with Gasteiger partial charge in [0, 0.05) is 11.0 Å². The Labute approximate surface area is 65.7 Å². The molecule has 1 aromatic carbocycles. The van der Waals surface area contributed by atoms with Crippen molar-refractivity contribution in [2.24, 2.45) is 0 Å². The van der Waals surface area contributed by atoms with Gasteiger partial charge in [-0.15, -0.1) is 0 Å². The minimum atomic E-state index is -0.608. The average Bonchev–Trinajstić information content (AvgIpc) is 1.85. The summed E-state index contributed by atoms with van der Waals surface area (Å²) in [5.41, 5.74) is 0. The average molecular weight is 181 g/mol. The van der Waals surface area contributed by atoms with Crippen molar-refractivity contribution in [1.29, 1.82) is 0 Å². The lowest BCUT2D eigenvalue weighted by atomic mass is 10.3. The Bertz CT molecular complexity index is 219. The molecule has 10 heavy (non-hydrogen) atoms. The second-order valence-corrected chi connectivity index (χ2v) is 2.77. The minimum Gasteiger partial charge on any atom is -0.207 e. The molecule has 0 saturated heterocycles. The smallest absolute Gasteiger partial charge is 0.127 e. The van der Waals surface area contributed by atoms with Crippen LogP contribution in [-0.4, -0.2) is 0 Å². The zero-order valence-electron chi connectivity index (χ0n) is 4.77. The molecule has 0 radical (unpaired) electrons. The highest BCUT2D eigenvalue weighted by Crippen LogP contribution is 2.23. The van der Waals surface area contributed by atoms with Crippen LogP contribution in [0.1, 0.15) is 0 Å². The molecule has 0 heterocycles. The molecule has 4 heteroatoms. The van der Waals surface area contributed by atoms with E-state index in [0.717, 1.165) is 17.0 Å². The summed E-state index contributed by atoms with van der Waals surface area (Å²) in [5, 5.41) is 0. The lowest BCUT2D eigenvalue weighted by Gasteiger charge is -1.93. The molecule has 0 fully saturated rings. The fourth-order valence-corrected chi connectivity index (χ4v) is 1.15. The standard InChI is InChI=1S/C6H3ClF2S/c7-10-6-2-4(8)1-5(9)3-6/h1-3H. The maximum atomic E-state index is 12.3. The first kappa shape index (κ1) is 7.82. The minimum absolute atomic E-state index is 0.374. The molecule has 0 aliphatic rings. The molecule has 0 aliphatic carbocycles. The van der Waals surface area contributed by atoms with Crippen LogP contribution in [0.3, 0.4) is 0 Å². The van der Waals surface area contributed by atoms with Gasteiger partial charge in [0.05, 0.1) is 0 Å². The van der Waals surface area contributed by atoms with Gasteiger partial charge >= 0.3 is 0 Å². The zero-order chi connectivity index (χ0) is 7.56. The Morgan fingerprint density at radius 1 is 1.10 bits per heavy atom. The van der Waals surface area contributed by atoms with Gasteiger partial charge in [-0.3, -0.25) is 0 Å². The lowest BCUT2D eigenvalue weighted by Crippen LogP contribution is -1.78. The number of hydrogen-bond acceptors (Lipinski definition) is 1. The van der Waals surface area contributed by atoms with Crippen LogP contribution in [0.2, 0.25) is 0 Å². The van der Waals surface area contributed by atoms with Crippen LogP contribution in [-0.2, 0) is 0 Å². The fourth-order valence-electron chi connectivity index (χ4n) is 0.573. The van der Waals surface area contributed by atoms with Crippen LogP contribution in [0.25, 0.3) is 0 Å². The molecular weight excluding hydrogens is 178 g/mol. The monoisotopic (exact) mass is 180 g/mol. The first-order chi connectivity index (χ1) is 4.72. The summed E-state index contributed by atoms with van der Waals surface area (Å²) in [6, 6.07) is 3.14. The topological polar surface area (TPSA) is 0 Å². The number of rotatable bonds is 1. The quantitative estimate of drug-likeness (QED) is 0.640. The van der Waals surface area contributed by atoms with Gasteiger partial charge in [-0.2, -0.15) is 0 Å². The molecule has 0 unspecified atom stereocenters. The van der Waals surface area contributed by atoms with E-state index in [1.807, 2.05) is 0 Å². The van der Waals surface area contributed by atoms with Gasteiger partial charge in [-0.05, 0) is 33.8 Å². The molecule has 0 spiro atoms. The molecule has 1 rings (SSSR count). The van der Waals surface area contributed by atoms with Gasteiger partial charge in [0.1, 0.15) is 11.6 Å². The Morgan fingerprint density at radius 3 is 2.00 bits per heavy atom. The summed E-state index contributed by atoms with van der Waals surface area (Å²) in [4.78, 5) is 0.374. The number of hydrogen-bond donors (Lipinski definition) is 0. The van der Waals surface area contributed by atoms with Crippen LogP contribution >= 0.6 is 21.7 Å². The largest absolute Gasteiger partial charge is 0.207 e. The zero-order valence-corrected chi connectivity index (χ0v) is 6.35. The van der Waals surface area contributed by atoms with E-state index in [2.05, 4.69) is 0 Å². The summed E-state index contributed by atoms with van der Waals surface area (Å²) in [5.74, 6) is -1.22. The Kier molecular flexibility index (Phi) is 2.51. The third-order valence-corrected chi connectivity index (χ3v) is 1.87. The summed E-state index contributed by atoms with van der Waals surface area (Å²) in [6.07, 6.45) is 0. The number of benzene rings is 1. The van der Waals surface area contributed by atoms with E-state index in [0.29, 0.717) is 4.90 Å². The maximum absolute atomic E-state index is 12.3. The summed E-state index contributed by atoms with van der Waals surface area (Å²) in [7, 11) is 6.04. The highest BCUT2D eigenvalue weighted by molar-refractivity contribution is 8.21. The van der Waals surface area contributed by atoms with E-state index in [1.165, 1.54) is 12.1 Å². The highest BCUT2D eigenvalue weighted by Gasteiger charge is 1.98. The third kappa shape index (κ3) is 1.85. The van der Waals surface area contributed by atoms with Gasteiger partial charge in [0.15, 0.2) is 0 Å². The van der Waals surface area contributed by atoms with E-state index < -0.39 is 11.6 Å². The molecular formula is C6H3ClF2S. The van der Waals surface area contributed by atoms with E-state index in [1.54, 1.807) is 0 Å². The predicted octanol–water partition coefficient (Wildman–Crippen LogP) is 3.21. The predicted molar refractivity (Wildman–Crippen MR) is 38.1 cm³/mol. The summed E-state index contributed by atoms with van der Waals surface area (Å²) < 4.78 is 24.6. The molecule has 0 saturated carbocycles. The van der Waals surface area contributed by atoms with E-state index in [-0.39, 0.29) is 0 Å². The van der Waals surface area contributed by atoms with Gasteiger partial charge in [-0.25, -0.2) is 8.78 Å². The van der Waals surface area contributed by atoms with Crippen molar-refractivity contribution >= 4 is 21.7 Å². The van der Waals surface area contributed by atoms with Crippen molar-refractivity contribution in [3.63, 3.8) is 0 Å². The summed E-state index contributed by atoms with van der Waals surface area (Å²) in [6.45, 7) is 0. The first-order valence-electron chi connectivity index (χ1n) is 2.47. The van der Waals surface area contributed by atoms with Crippen LogP contribution in [0.4, 0.5) is 8.78 Å². The van der Waals surface area contributed by atoms with Crippen molar-refractivity contribution in [3.8, 4) is 0 Å². The summed E-state index contributed by atoms with van der Waals surface area (Å²) >= 11 is 0. The molecule has 0 atom stereocenters. The second kappa shape index (κ2) is 3.21. The second-order valence-electron chi connectivity index (χ2n) is 1.68. The molecule has 1 aromatic rings. The van der Waals surface area contributed by atoms with Crippen molar-refractivity contribution in [2.45, 2.75) is 4.90 Å². The Morgan fingerprint density at radius 2 is 1.60 bits per heavy atom. The van der Waals surface area contributed by atoms with Crippen molar-refractivity contribution in [2.75, 3.05) is 0 Å².